The number of hydrogen-bond donors (Lipinski definition) is 2. The maximum absolute atomic E-state index is 13.5. The Balaban J connectivity index is 1.99. The van der Waals surface area contributed by atoms with Crippen molar-refractivity contribution in [3.63, 3.8) is 0 Å². The van der Waals surface area contributed by atoms with Gasteiger partial charge in [0.05, 0.1) is 12.5 Å². The van der Waals surface area contributed by atoms with E-state index in [0.717, 1.165) is 0 Å². The van der Waals surface area contributed by atoms with Crippen molar-refractivity contribution in [2.24, 2.45) is 0 Å². The van der Waals surface area contributed by atoms with Crippen LogP contribution in [-0.4, -0.2) is 22.0 Å². The Morgan fingerprint density at radius 2 is 1.73 bits per heavy atom. The van der Waals surface area contributed by atoms with Crippen molar-refractivity contribution in [3.8, 4) is 11.5 Å². The third kappa shape index (κ3) is 4.68. The van der Waals surface area contributed by atoms with Gasteiger partial charge in [0.15, 0.2) is 5.69 Å². The lowest BCUT2D eigenvalue weighted by molar-refractivity contribution is -0.153. The summed E-state index contributed by atoms with van der Waals surface area (Å²) < 4.78 is 45.3. The minimum absolute atomic E-state index is 0.267. The molecule has 0 unspecified atom stereocenters. The second-order valence-corrected chi connectivity index (χ2v) is 6.54. The number of oxazole rings is 1. The van der Waals surface area contributed by atoms with E-state index in [1.165, 1.54) is 12.1 Å². The van der Waals surface area contributed by atoms with E-state index in [1.807, 2.05) is 0 Å². The molecule has 0 aliphatic carbocycles. The van der Waals surface area contributed by atoms with Gasteiger partial charge in [0.25, 0.3) is 5.91 Å². The molecule has 3 aromatic rings. The number of aromatic nitrogens is 1. The fourth-order valence-electron chi connectivity index (χ4n) is 2.99. The number of nitrogens with one attached hydrogen (secondary N) is 1. The second-order valence-electron chi connectivity index (χ2n) is 6.54. The number of carboxylic acid groups (broad SMARTS) is 1. The van der Waals surface area contributed by atoms with Gasteiger partial charge in [0.1, 0.15) is 0 Å². The van der Waals surface area contributed by atoms with Crippen LogP contribution in [0.1, 0.15) is 39.8 Å². The third-order valence-electron chi connectivity index (χ3n) is 4.37. The van der Waals surface area contributed by atoms with E-state index in [2.05, 4.69) is 10.3 Å². The molecular formula is C21H17F3N2O4. The number of carbonyl (C=O) groups is 2. The molecule has 0 radical (unpaired) electrons. The zero-order chi connectivity index (χ0) is 21.9. The van der Waals surface area contributed by atoms with E-state index in [4.69, 9.17) is 4.42 Å². The monoisotopic (exact) mass is 418 g/mol. The predicted molar refractivity (Wildman–Crippen MR) is 101 cm³/mol. The van der Waals surface area contributed by atoms with Crippen LogP contribution in [0.3, 0.4) is 0 Å². The molecule has 1 amide bonds. The molecule has 0 aliphatic rings. The summed E-state index contributed by atoms with van der Waals surface area (Å²) in [6, 6.07) is 13.5. The molecule has 0 saturated heterocycles. The van der Waals surface area contributed by atoms with E-state index in [9.17, 15) is 27.9 Å². The number of aliphatic carboxylic acids is 1. The summed E-state index contributed by atoms with van der Waals surface area (Å²) in [5.41, 5.74) is 0.479. The van der Waals surface area contributed by atoms with E-state index >= 15 is 0 Å². The molecule has 1 heterocycles. The molecule has 0 bridgehead atoms. The minimum Gasteiger partial charge on any atom is -0.481 e. The summed E-state index contributed by atoms with van der Waals surface area (Å²) in [6.07, 6.45) is -5.47. The Morgan fingerprint density at radius 3 is 2.33 bits per heavy atom. The largest absolute Gasteiger partial charge is 0.481 e. The van der Waals surface area contributed by atoms with Crippen molar-refractivity contribution in [1.82, 2.24) is 10.3 Å². The standard InChI is InChI=1S/C21H17F3N2O4/c1-12-7-5-6-10-14(12)15(11-16(27)28)25-19(29)17-18(21(22,23)24)30-20(26-17)13-8-3-2-4-9-13/h2-10,15H,11H2,1H3,(H,25,29)(H,27,28)/t15-/m0/s1. The molecule has 156 valence electrons. The number of alkyl halides is 3. The molecule has 30 heavy (non-hydrogen) atoms. The summed E-state index contributed by atoms with van der Waals surface area (Å²) in [5, 5.41) is 11.5. The average molecular weight is 418 g/mol. The topological polar surface area (TPSA) is 92.4 Å². The van der Waals surface area contributed by atoms with Gasteiger partial charge in [-0.3, -0.25) is 9.59 Å². The number of nitrogens with zero attached hydrogens (tertiary/aromatic N) is 1. The lowest BCUT2D eigenvalue weighted by Crippen LogP contribution is -2.32. The quantitative estimate of drug-likeness (QED) is 0.610. The van der Waals surface area contributed by atoms with Crippen molar-refractivity contribution in [1.29, 1.82) is 0 Å². The van der Waals surface area contributed by atoms with Crippen molar-refractivity contribution >= 4 is 11.9 Å². The Kier molecular flexibility index (Phi) is 5.91. The molecule has 2 N–H and O–H groups in total. The highest BCUT2D eigenvalue weighted by molar-refractivity contribution is 5.94. The first-order valence-corrected chi connectivity index (χ1v) is 8.88. The van der Waals surface area contributed by atoms with Crippen molar-refractivity contribution in [2.45, 2.75) is 25.6 Å². The normalized spacial score (nSPS) is 12.4. The highest BCUT2D eigenvalue weighted by atomic mass is 19.4. The van der Waals surface area contributed by atoms with Crippen molar-refractivity contribution in [3.05, 3.63) is 77.2 Å². The summed E-state index contributed by atoms with van der Waals surface area (Å²) in [5.74, 6) is -4.30. The van der Waals surface area contributed by atoms with Gasteiger partial charge in [-0.25, -0.2) is 4.98 Å². The highest BCUT2D eigenvalue weighted by Gasteiger charge is 2.42. The number of hydrogen-bond acceptors (Lipinski definition) is 4. The van der Waals surface area contributed by atoms with E-state index in [1.54, 1.807) is 49.4 Å². The Labute approximate surface area is 169 Å². The molecule has 0 aliphatic heterocycles. The van der Waals surface area contributed by atoms with Crippen molar-refractivity contribution in [2.75, 3.05) is 0 Å². The molecule has 0 spiro atoms. The van der Waals surface area contributed by atoms with Crippen LogP contribution < -0.4 is 5.32 Å². The van der Waals surface area contributed by atoms with Crippen LogP contribution in [0.15, 0.2) is 59.0 Å². The molecule has 3 rings (SSSR count). The lowest BCUT2D eigenvalue weighted by atomic mass is 9.98. The van der Waals surface area contributed by atoms with Gasteiger partial charge in [0, 0.05) is 5.56 Å². The molecule has 1 atom stereocenters. The highest BCUT2D eigenvalue weighted by Crippen LogP contribution is 2.35. The number of carboxylic acids is 1. The van der Waals surface area contributed by atoms with Crippen LogP contribution in [0.5, 0.6) is 0 Å². The molecular weight excluding hydrogens is 401 g/mol. The maximum atomic E-state index is 13.5. The van der Waals surface area contributed by atoms with Crippen molar-refractivity contribution < 1.29 is 32.3 Å². The number of amides is 1. The van der Waals surface area contributed by atoms with Crippen LogP contribution in [0.25, 0.3) is 11.5 Å². The number of carbonyl (C=O) groups excluding carboxylic acids is 1. The van der Waals surface area contributed by atoms with Crippen LogP contribution in [0, 0.1) is 6.92 Å². The van der Waals surface area contributed by atoms with Crippen LogP contribution in [0.2, 0.25) is 0 Å². The van der Waals surface area contributed by atoms with Crippen LogP contribution in [0.4, 0.5) is 13.2 Å². The first-order valence-electron chi connectivity index (χ1n) is 8.88. The minimum atomic E-state index is -4.96. The fraction of sp³-hybridized carbons (Fsp3) is 0.190. The molecule has 0 fully saturated rings. The number of aryl methyl sites for hydroxylation is 1. The zero-order valence-electron chi connectivity index (χ0n) is 15.7. The molecule has 2 aromatic carbocycles. The molecule has 9 heteroatoms. The van der Waals surface area contributed by atoms with Gasteiger partial charge in [0.2, 0.25) is 11.7 Å². The van der Waals surface area contributed by atoms with E-state index in [-0.39, 0.29) is 11.5 Å². The van der Waals surface area contributed by atoms with Gasteiger partial charge >= 0.3 is 12.1 Å². The third-order valence-corrected chi connectivity index (χ3v) is 4.37. The smallest absolute Gasteiger partial charge is 0.452 e. The summed E-state index contributed by atoms with van der Waals surface area (Å²) >= 11 is 0. The first-order chi connectivity index (χ1) is 14.2. The summed E-state index contributed by atoms with van der Waals surface area (Å²) in [6.45, 7) is 1.71. The molecule has 0 saturated carbocycles. The summed E-state index contributed by atoms with van der Waals surface area (Å²) in [7, 11) is 0. The number of halogens is 3. The lowest BCUT2D eigenvalue weighted by Gasteiger charge is -2.19. The zero-order valence-corrected chi connectivity index (χ0v) is 15.7. The van der Waals surface area contributed by atoms with Gasteiger partial charge in [-0.05, 0) is 30.2 Å². The summed E-state index contributed by atoms with van der Waals surface area (Å²) in [4.78, 5) is 27.7. The molecule has 6 nitrogen and oxygen atoms in total. The maximum Gasteiger partial charge on any atom is 0.452 e. The Morgan fingerprint density at radius 1 is 1.10 bits per heavy atom. The van der Waals surface area contributed by atoms with Crippen LogP contribution in [-0.2, 0) is 11.0 Å². The fourth-order valence-corrected chi connectivity index (χ4v) is 2.99. The second kappa shape index (κ2) is 8.40. The molecule has 1 aromatic heterocycles. The Bertz CT molecular complexity index is 1060. The van der Waals surface area contributed by atoms with Gasteiger partial charge in [-0.15, -0.1) is 0 Å². The average Bonchev–Trinajstić information content (AvgIpc) is 3.14. The van der Waals surface area contributed by atoms with Gasteiger partial charge in [-0.1, -0.05) is 42.5 Å². The predicted octanol–water partition coefficient (Wildman–Crippen LogP) is 4.61. The Hall–Kier alpha value is -3.62. The van der Waals surface area contributed by atoms with Gasteiger partial charge < -0.3 is 14.8 Å². The van der Waals surface area contributed by atoms with Crippen LogP contribution >= 0.6 is 0 Å². The van der Waals surface area contributed by atoms with Gasteiger partial charge in [-0.2, -0.15) is 13.2 Å². The number of benzene rings is 2. The van der Waals surface area contributed by atoms with E-state index < -0.39 is 42.0 Å². The first kappa shape index (κ1) is 21.1. The SMILES string of the molecule is Cc1ccccc1[C@H](CC(=O)O)NC(=O)c1nc(-c2ccccc2)oc1C(F)(F)F. The number of rotatable bonds is 6. The van der Waals surface area contributed by atoms with E-state index in [0.29, 0.717) is 11.1 Å².